The molecular weight excluding hydrogens is 291 g/mol. The summed E-state index contributed by atoms with van der Waals surface area (Å²) in [5.74, 6) is -0.427. The fourth-order valence-electron chi connectivity index (χ4n) is 1.95. The second kappa shape index (κ2) is 6.44. The average Bonchev–Trinajstić information content (AvgIpc) is 2.83. The van der Waals surface area contributed by atoms with Crippen molar-refractivity contribution in [1.82, 2.24) is 15.2 Å². The van der Waals surface area contributed by atoms with Crippen LogP contribution in [0.4, 0.5) is 9.18 Å². The summed E-state index contributed by atoms with van der Waals surface area (Å²) in [5.41, 5.74) is 5.86. The van der Waals surface area contributed by atoms with E-state index in [4.69, 9.17) is 5.73 Å². The molecule has 0 spiro atoms. The molecule has 1 aromatic rings. The number of urea groups is 1. The van der Waals surface area contributed by atoms with Crippen LogP contribution in [0.1, 0.15) is 26.0 Å². The fourth-order valence-corrected chi connectivity index (χ4v) is 3.15. The Labute approximate surface area is 127 Å². The number of halogens is 1. The van der Waals surface area contributed by atoms with Crippen LogP contribution in [0.25, 0.3) is 0 Å². The van der Waals surface area contributed by atoms with Crippen molar-refractivity contribution in [3.05, 3.63) is 41.4 Å². The van der Waals surface area contributed by atoms with Gasteiger partial charge in [-0.1, -0.05) is 0 Å². The molecule has 114 valence electrons. The van der Waals surface area contributed by atoms with Crippen molar-refractivity contribution in [3.8, 4) is 0 Å². The Bertz CT molecular complexity index is 544. The van der Waals surface area contributed by atoms with Gasteiger partial charge in [0.2, 0.25) is 0 Å². The maximum absolute atomic E-state index is 13.5. The molecule has 5 nitrogen and oxygen atoms in total. The number of thioether (sulfide) groups is 1. The molecule has 1 aliphatic heterocycles. The van der Waals surface area contributed by atoms with E-state index < -0.39 is 5.82 Å². The third kappa shape index (κ3) is 4.44. The molecule has 2 amide bonds. The summed E-state index contributed by atoms with van der Waals surface area (Å²) in [6.45, 7) is 3.90. The van der Waals surface area contributed by atoms with Gasteiger partial charge in [-0.15, -0.1) is 11.8 Å². The highest BCUT2D eigenvalue weighted by Gasteiger charge is 2.29. The van der Waals surface area contributed by atoms with Crippen molar-refractivity contribution in [1.29, 1.82) is 0 Å². The van der Waals surface area contributed by atoms with Gasteiger partial charge in [-0.05, 0) is 37.8 Å². The summed E-state index contributed by atoms with van der Waals surface area (Å²) in [6.07, 6.45) is 3.87. The molecule has 1 aliphatic rings. The number of aromatic nitrogens is 1. The van der Waals surface area contributed by atoms with Crippen LogP contribution in [-0.2, 0) is 6.54 Å². The van der Waals surface area contributed by atoms with Crippen molar-refractivity contribution in [2.24, 2.45) is 5.73 Å². The predicted octanol–water partition coefficient (Wildman–Crippen LogP) is 2.40. The molecule has 0 bridgehead atoms. The first-order valence-corrected chi connectivity index (χ1v) is 7.58. The molecule has 1 unspecified atom stereocenters. The van der Waals surface area contributed by atoms with E-state index in [9.17, 15) is 9.18 Å². The first kappa shape index (κ1) is 15.8. The zero-order chi connectivity index (χ0) is 15.5. The Balaban J connectivity index is 1.93. The van der Waals surface area contributed by atoms with Crippen LogP contribution in [0.2, 0.25) is 0 Å². The van der Waals surface area contributed by atoms with Crippen LogP contribution < -0.4 is 11.1 Å². The number of nitrogens with two attached hydrogens (primary N) is 1. The van der Waals surface area contributed by atoms with Crippen LogP contribution in [0.5, 0.6) is 0 Å². The molecule has 1 atom stereocenters. The second-order valence-corrected chi connectivity index (χ2v) is 6.65. The van der Waals surface area contributed by atoms with Gasteiger partial charge in [-0.25, -0.2) is 9.18 Å². The molecule has 0 radical (unpaired) electrons. The minimum atomic E-state index is -0.427. The standard InChI is InChI=1S/C14H19FN4OS/c1-14(2,16)8-12-19(6-7-21-12)13(20)18-9-11-10(15)4-3-5-17-11/h3-7,12H,8-9,16H2,1-2H3,(H,18,20). The van der Waals surface area contributed by atoms with Gasteiger partial charge in [0.05, 0.1) is 17.6 Å². The van der Waals surface area contributed by atoms with Crippen LogP contribution in [0, 0.1) is 5.82 Å². The van der Waals surface area contributed by atoms with Gasteiger partial charge >= 0.3 is 6.03 Å². The molecule has 7 heteroatoms. The van der Waals surface area contributed by atoms with Crippen LogP contribution >= 0.6 is 11.8 Å². The second-order valence-electron chi connectivity index (χ2n) is 5.57. The molecular formula is C14H19FN4OS. The topological polar surface area (TPSA) is 71.2 Å². The number of pyridine rings is 1. The Morgan fingerprint density at radius 1 is 1.62 bits per heavy atom. The lowest BCUT2D eigenvalue weighted by Crippen LogP contribution is -2.44. The van der Waals surface area contributed by atoms with Crippen LogP contribution in [0.3, 0.4) is 0 Å². The maximum Gasteiger partial charge on any atom is 0.322 e. The van der Waals surface area contributed by atoms with E-state index in [0.717, 1.165) is 0 Å². The SMILES string of the molecule is CC(C)(N)CC1SC=CN1C(=O)NCc1ncccc1F. The summed E-state index contributed by atoms with van der Waals surface area (Å²) in [4.78, 5) is 17.7. The minimum absolute atomic E-state index is 0.0430. The van der Waals surface area contributed by atoms with E-state index in [2.05, 4.69) is 10.3 Å². The first-order chi connectivity index (χ1) is 9.87. The molecule has 0 aliphatic carbocycles. The predicted molar refractivity (Wildman–Crippen MR) is 81.7 cm³/mol. The molecule has 0 aromatic carbocycles. The van der Waals surface area contributed by atoms with Gasteiger partial charge in [-0.3, -0.25) is 9.88 Å². The molecule has 2 rings (SSSR count). The van der Waals surface area contributed by atoms with Gasteiger partial charge in [0.1, 0.15) is 5.82 Å². The first-order valence-electron chi connectivity index (χ1n) is 6.63. The number of carbonyl (C=O) groups excluding carboxylic acids is 1. The Hall–Kier alpha value is -1.60. The third-order valence-electron chi connectivity index (χ3n) is 2.94. The Morgan fingerprint density at radius 3 is 3.05 bits per heavy atom. The summed E-state index contributed by atoms with van der Waals surface area (Å²) in [7, 11) is 0. The lowest BCUT2D eigenvalue weighted by molar-refractivity contribution is 0.207. The lowest BCUT2D eigenvalue weighted by Gasteiger charge is -2.29. The number of hydrogen-bond acceptors (Lipinski definition) is 4. The van der Waals surface area contributed by atoms with E-state index >= 15 is 0 Å². The van der Waals surface area contributed by atoms with Crippen LogP contribution in [0.15, 0.2) is 29.9 Å². The van der Waals surface area contributed by atoms with E-state index in [0.29, 0.717) is 6.42 Å². The number of nitrogens with one attached hydrogen (secondary N) is 1. The van der Waals surface area contributed by atoms with Crippen molar-refractivity contribution in [2.45, 2.75) is 37.7 Å². The highest BCUT2D eigenvalue weighted by atomic mass is 32.2. The summed E-state index contributed by atoms with van der Waals surface area (Å²) >= 11 is 1.55. The van der Waals surface area contributed by atoms with Gasteiger partial charge in [0.15, 0.2) is 0 Å². The monoisotopic (exact) mass is 310 g/mol. The zero-order valence-corrected chi connectivity index (χ0v) is 12.9. The zero-order valence-electron chi connectivity index (χ0n) is 12.0. The average molecular weight is 310 g/mol. The van der Waals surface area contributed by atoms with Gasteiger partial charge < -0.3 is 11.1 Å². The number of carbonyl (C=O) groups is 1. The van der Waals surface area contributed by atoms with Crippen molar-refractivity contribution < 1.29 is 9.18 Å². The van der Waals surface area contributed by atoms with E-state index in [1.54, 1.807) is 22.9 Å². The van der Waals surface area contributed by atoms with Crippen molar-refractivity contribution in [2.75, 3.05) is 0 Å². The minimum Gasteiger partial charge on any atom is -0.332 e. The summed E-state index contributed by atoms with van der Waals surface area (Å²) in [6, 6.07) is 2.55. The van der Waals surface area contributed by atoms with Gasteiger partial charge in [-0.2, -0.15) is 0 Å². The quantitative estimate of drug-likeness (QED) is 0.896. The largest absolute Gasteiger partial charge is 0.332 e. The Morgan fingerprint density at radius 2 is 2.38 bits per heavy atom. The normalized spacial score (nSPS) is 18.1. The van der Waals surface area contributed by atoms with Gasteiger partial charge in [0.25, 0.3) is 0 Å². The van der Waals surface area contributed by atoms with Crippen LogP contribution in [-0.4, -0.2) is 26.8 Å². The van der Waals surface area contributed by atoms with Crippen molar-refractivity contribution >= 4 is 17.8 Å². The highest BCUT2D eigenvalue weighted by molar-refractivity contribution is 8.02. The Kier molecular flexibility index (Phi) is 4.84. The molecule has 3 N–H and O–H groups in total. The van der Waals surface area contributed by atoms with E-state index in [-0.39, 0.29) is 29.2 Å². The highest BCUT2D eigenvalue weighted by Crippen LogP contribution is 2.30. The fraction of sp³-hybridized carbons (Fsp3) is 0.429. The number of rotatable bonds is 4. The van der Waals surface area contributed by atoms with Gasteiger partial charge in [0, 0.05) is 17.9 Å². The number of amides is 2. The smallest absolute Gasteiger partial charge is 0.322 e. The molecule has 21 heavy (non-hydrogen) atoms. The van der Waals surface area contributed by atoms with E-state index in [1.807, 2.05) is 19.3 Å². The molecule has 1 aromatic heterocycles. The summed E-state index contributed by atoms with van der Waals surface area (Å²) in [5, 5.41) is 4.49. The van der Waals surface area contributed by atoms with E-state index in [1.165, 1.54) is 18.3 Å². The molecule has 2 heterocycles. The third-order valence-corrected chi connectivity index (χ3v) is 3.93. The summed E-state index contributed by atoms with van der Waals surface area (Å²) < 4.78 is 13.5. The van der Waals surface area contributed by atoms with Crippen molar-refractivity contribution in [3.63, 3.8) is 0 Å². The number of hydrogen-bond donors (Lipinski definition) is 2. The number of nitrogens with zero attached hydrogens (tertiary/aromatic N) is 2. The molecule has 0 fully saturated rings. The lowest BCUT2D eigenvalue weighted by atomic mass is 10.0. The molecule has 0 saturated heterocycles. The molecule has 0 saturated carbocycles. The maximum atomic E-state index is 13.5.